The van der Waals surface area contributed by atoms with Crippen LogP contribution in [0.2, 0.25) is 0 Å². The molecule has 0 saturated heterocycles. The van der Waals surface area contributed by atoms with Crippen molar-refractivity contribution < 1.29 is 9.53 Å². The molecule has 3 nitrogen and oxygen atoms in total. The Balaban J connectivity index is 3.35. The molecule has 0 aromatic heterocycles. The lowest BCUT2D eigenvalue weighted by atomic mass is 9.81. The first kappa shape index (κ1) is 21.5. The molecule has 3 heteroatoms. The maximum absolute atomic E-state index is 12.1. The summed E-state index contributed by atoms with van der Waals surface area (Å²) < 4.78 is 5.41. The maximum Gasteiger partial charge on any atom is 0.407 e. The van der Waals surface area contributed by atoms with E-state index in [9.17, 15) is 4.79 Å². The van der Waals surface area contributed by atoms with E-state index < -0.39 is 5.60 Å². The second-order valence-corrected chi connectivity index (χ2v) is 7.49. The Hall–Kier alpha value is -1.51. The Kier molecular flexibility index (Phi) is 7.98. The van der Waals surface area contributed by atoms with Gasteiger partial charge < -0.3 is 10.1 Å². The van der Waals surface area contributed by atoms with Gasteiger partial charge in [0.1, 0.15) is 5.60 Å². The van der Waals surface area contributed by atoms with Gasteiger partial charge in [0.05, 0.1) is 0 Å². The Labute approximate surface area is 154 Å². The third kappa shape index (κ3) is 5.23. The van der Waals surface area contributed by atoms with Crippen molar-refractivity contribution in [3.63, 3.8) is 0 Å². The molecule has 142 valence electrons. The van der Waals surface area contributed by atoms with Crippen molar-refractivity contribution in [3.8, 4) is 0 Å². The van der Waals surface area contributed by atoms with E-state index in [2.05, 4.69) is 39.9 Å². The molecule has 0 radical (unpaired) electrons. The number of carbonyl (C=O) groups excluding carboxylic acids is 1. The van der Waals surface area contributed by atoms with Crippen LogP contribution in [0.25, 0.3) is 0 Å². The number of alkyl carbamates (subject to hydrolysis) is 1. The van der Waals surface area contributed by atoms with E-state index >= 15 is 0 Å². The first-order chi connectivity index (χ1) is 11.7. The fraction of sp³-hybridized carbons (Fsp3) is 0.682. The SMILES string of the molecule is CCc1c(CC)c(CC)c(CNC(=O)OC(C)(C)C)c(CC)c1CC. The zero-order valence-corrected chi connectivity index (χ0v) is 17.6. The van der Waals surface area contributed by atoms with E-state index in [1.807, 2.05) is 20.8 Å². The van der Waals surface area contributed by atoms with Gasteiger partial charge in [-0.3, -0.25) is 0 Å². The lowest BCUT2D eigenvalue weighted by Crippen LogP contribution is -2.33. The molecule has 0 aliphatic heterocycles. The van der Waals surface area contributed by atoms with E-state index in [0.717, 1.165) is 32.1 Å². The molecule has 1 N–H and O–H groups in total. The molecule has 1 rings (SSSR count). The van der Waals surface area contributed by atoms with Crippen molar-refractivity contribution >= 4 is 6.09 Å². The predicted octanol–water partition coefficient (Wildman–Crippen LogP) is 5.52. The van der Waals surface area contributed by atoms with Gasteiger partial charge in [0.15, 0.2) is 0 Å². The van der Waals surface area contributed by atoms with Crippen molar-refractivity contribution in [3.05, 3.63) is 33.4 Å². The number of benzene rings is 1. The van der Waals surface area contributed by atoms with Crippen molar-refractivity contribution in [1.82, 2.24) is 5.32 Å². The minimum absolute atomic E-state index is 0.340. The highest BCUT2D eigenvalue weighted by atomic mass is 16.6. The van der Waals surface area contributed by atoms with Crippen molar-refractivity contribution in [2.75, 3.05) is 0 Å². The highest BCUT2D eigenvalue weighted by molar-refractivity contribution is 5.68. The summed E-state index contributed by atoms with van der Waals surface area (Å²) in [6, 6.07) is 0. The zero-order chi connectivity index (χ0) is 19.2. The Morgan fingerprint density at radius 1 is 0.720 bits per heavy atom. The molecule has 0 fully saturated rings. The van der Waals surface area contributed by atoms with Crippen LogP contribution in [0.4, 0.5) is 4.79 Å². The van der Waals surface area contributed by atoms with E-state index in [-0.39, 0.29) is 6.09 Å². The van der Waals surface area contributed by atoms with Crippen LogP contribution in [-0.4, -0.2) is 11.7 Å². The number of rotatable bonds is 7. The number of hydrogen-bond acceptors (Lipinski definition) is 2. The molecule has 25 heavy (non-hydrogen) atoms. The van der Waals surface area contributed by atoms with E-state index in [1.54, 1.807) is 0 Å². The number of ether oxygens (including phenoxy) is 1. The van der Waals surface area contributed by atoms with Crippen LogP contribution in [-0.2, 0) is 43.4 Å². The maximum atomic E-state index is 12.1. The quantitative estimate of drug-likeness (QED) is 0.705. The minimum Gasteiger partial charge on any atom is -0.444 e. The third-order valence-corrected chi connectivity index (χ3v) is 4.76. The monoisotopic (exact) mass is 347 g/mol. The summed E-state index contributed by atoms with van der Waals surface area (Å²) in [6.07, 6.45) is 4.82. The fourth-order valence-electron chi connectivity index (χ4n) is 3.91. The third-order valence-electron chi connectivity index (χ3n) is 4.76. The topological polar surface area (TPSA) is 38.3 Å². The van der Waals surface area contributed by atoms with Crippen LogP contribution in [0.3, 0.4) is 0 Å². The average molecular weight is 348 g/mol. The molecule has 0 aliphatic carbocycles. The minimum atomic E-state index is -0.472. The van der Waals surface area contributed by atoms with Gasteiger partial charge in [-0.1, -0.05) is 34.6 Å². The van der Waals surface area contributed by atoms with Crippen LogP contribution in [0.15, 0.2) is 0 Å². The zero-order valence-electron chi connectivity index (χ0n) is 17.6. The average Bonchev–Trinajstić information content (AvgIpc) is 2.55. The van der Waals surface area contributed by atoms with Gasteiger partial charge in [-0.25, -0.2) is 4.79 Å². The Bertz CT molecular complexity index is 564. The lowest BCUT2D eigenvalue weighted by molar-refractivity contribution is 0.0523. The molecule has 0 atom stereocenters. The molecular weight excluding hydrogens is 310 g/mol. The number of amides is 1. The van der Waals surface area contributed by atoms with Gasteiger partial charge in [0.2, 0.25) is 0 Å². The summed E-state index contributed by atoms with van der Waals surface area (Å²) in [7, 11) is 0. The molecule has 0 unspecified atom stereocenters. The normalized spacial score (nSPS) is 11.5. The van der Waals surface area contributed by atoms with Crippen molar-refractivity contribution in [1.29, 1.82) is 0 Å². The van der Waals surface area contributed by atoms with Gasteiger partial charge in [0.25, 0.3) is 0 Å². The van der Waals surface area contributed by atoms with Gasteiger partial charge in [-0.15, -0.1) is 0 Å². The van der Waals surface area contributed by atoms with E-state index in [1.165, 1.54) is 33.4 Å². The second kappa shape index (κ2) is 9.26. The van der Waals surface area contributed by atoms with Gasteiger partial charge in [0, 0.05) is 6.54 Å². The largest absolute Gasteiger partial charge is 0.444 e. The highest BCUT2D eigenvalue weighted by Gasteiger charge is 2.21. The molecule has 0 spiro atoms. The molecular formula is C22H37NO2. The highest BCUT2D eigenvalue weighted by Crippen LogP contribution is 2.31. The molecule has 0 bridgehead atoms. The standard InChI is InChI=1S/C22H37NO2/c1-9-15-16(10-2)18(12-4)20(19(13-5)17(15)11-3)14-23-21(24)25-22(6,7)8/h9-14H2,1-8H3,(H,23,24). The smallest absolute Gasteiger partial charge is 0.407 e. The van der Waals surface area contributed by atoms with Crippen LogP contribution < -0.4 is 5.32 Å². The summed E-state index contributed by atoms with van der Waals surface area (Å²) in [5, 5.41) is 2.98. The first-order valence-electron chi connectivity index (χ1n) is 9.87. The molecule has 1 aromatic rings. The molecule has 0 heterocycles. The van der Waals surface area contributed by atoms with Crippen molar-refractivity contribution in [2.45, 2.75) is 99.6 Å². The molecule has 1 amide bonds. The van der Waals surface area contributed by atoms with E-state index in [0.29, 0.717) is 6.54 Å². The molecule has 0 aliphatic rings. The van der Waals surface area contributed by atoms with Crippen molar-refractivity contribution in [2.24, 2.45) is 0 Å². The number of hydrogen-bond donors (Lipinski definition) is 1. The number of nitrogens with one attached hydrogen (secondary N) is 1. The van der Waals surface area contributed by atoms with Crippen LogP contribution in [0, 0.1) is 0 Å². The van der Waals surface area contributed by atoms with Crippen LogP contribution >= 0.6 is 0 Å². The predicted molar refractivity (Wildman–Crippen MR) is 106 cm³/mol. The molecule has 0 saturated carbocycles. The Morgan fingerprint density at radius 3 is 1.32 bits per heavy atom. The second-order valence-electron chi connectivity index (χ2n) is 7.49. The summed E-state index contributed by atoms with van der Waals surface area (Å²) in [6.45, 7) is 17.4. The summed E-state index contributed by atoms with van der Waals surface area (Å²) in [5.41, 5.74) is 8.18. The summed E-state index contributed by atoms with van der Waals surface area (Å²) in [4.78, 5) is 12.1. The lowest BCUT2D eigenvalue weighted by Gasteiger charge is -2.26. The van der Waals surface area contributed by atoms with Crippen LogP contribution in [0.1, 0.15) is 88.8 Å². The summed E-state index contributed by atoms with van der Waals surface area (Å²) >= 11 is 0. The molecule has 1 aromatic carbocycles. The van der Waals surface area contributed by atoms with Crippen LogP contribution in [0.5, 0.6) is 0 Å². The van der Waals surface area contributed by atoms with Gasteiger partial charge in [-0.2, -0.15) is 0 Å². The fourth-order valence-corrected chi connectivity index (χ4v) is 3.91. The van der Waals surface area contributed by atoms with Gasteiger partial charge >= 0.3 is 6.09 Å². The number of carbonyl (C=O) groups is 1. The van der Waals surface area contributed by atoms with Gasteiger partial charge in [-0.05, 0) is 86.3 Å². The first-order valence-corrected chi connectivity index (χ1v) is 9.87. The summed E-state index contributed by atoms with van der Waals surface area (Å²) in [5.74, 6) is 0. The van der Waals surface area contributed by atoms with E-state index in [4.69, 9.17) is 4.74 Å². The Morgan fingerprint density at radius 2 is 1.04 bits per heavy atom.